The van der Waals surface area contributed by atoms with Gasteiger partial charge in [-0.15, -0.1) is 0 Å². The van der Waals surface area contributed by atoms with E-state index < -0.39 is 23.5 Å². The topological polar surface area (TPSA) is 98.8 Å². The zero-order chi connectivity index (χ0) is 22.1. The van der Waals surface area contributed by atoms with Gasteiger partial charge < -0.3 is 14.7 Å². The second-order valence-electron chi connectivity index (χ2n) is 7.81. The smallest absolute Gasteiger partial charge is 0.295 e. The van der Waals surface area contributed by atoms with Gasteiger partial charge in [0.05, 0.1) is 36.1 Å². The normalized spacial score (nSPS) is 21.8. The highest BCUT2D eigenvalue weighted by molar-refractivity contribution is 6.46. The number of ether oxygens (including phenoxy) is 1. The number of aromatic nitrogens is 2. The molecule has 31 heavy (non-hydrogen) atoms. The molecule has 4 rings (SSSR count). The van der Waals surface area contributed by atoms with E-state index >= 15 is 0 Å². The zero-order valence-corrected chi connectivity index (χ0v) is 17.5. The Morgan fingerprint density at radius 1 is 1.26 bits per heavy atom. The molecule has 9 heteroatoms. The van der Waals surface area contributed by atoms with Crippen molar-refractivity contribution in [2.45, 2.75) is 19.9 Å². The van der Waals surface area contributed by atoms with Crippen LogP contribution in [0.4, 0.5) is 4.39 Å². The van der Waals surface area contributed by atoms with Crippen LogP contribution in [0.3, 0.4) is 0 Å². The minimum absolute atomic E-state index is 0.0508. The van der Waals surface area contributed by atoms with Gasteiger partial charge in [-0.1, -0.05) is 12.1 Å². The van der Waals surface area contributed by atoms with Gasteiger partial charge in [0.1, 0.15) is 11.6 Å². The molecule has 0 aliphatic carbocycles. The van der Waals surface area contributed by atoms with Gasteiger partial charge in [-0.25, -0.2) is 4.39 Å². The fourth-order valence-corrected chi connectivity index (χ4v) is 4.24. The molecule has 2 aliphatic heterocycles. The van der Waals surface area contributed by atoms with Gasteiger partial charge in [0.25, 0.3) is 11.7 Å². The number of halogens is 1. The SMILES string of the molecule is Cc1n[nH]c(C)c1C(O)=C1C(=O)C(=O)N(CCN2CCOCC2)[C@H]1c1cccc(F)c1. The van der Waals surface area contributed by atoms with Crippen LogP contribution in [0.2, 0.25) is 0 Å². The number of benzene rings is 1. The third kappa shape index (κ3) is 3.98. The first kappa shape index (κ1) is 21.2. The summed E-state index contributed by atoms with van der Waals surface area (Å²) in [6, 6.07) is 4.89. The van der Waals surface area contributed by atoms with E-state index in [9.17, 15) is 19.1 Å². The molecule has 1 aromatic carbocycles. The van der Waals surface area contributed by atoms with Gasteiger partial charge in [0, 0.05) is 31.9 Å². The first-order chi connectivity index (χ1) is 14.9. The van der Waals surface area contributed by atoms with Crippen LogP contribution in [0.25, 0.3) is 5.76 Å². The predicted octanol–water partition coefficient (Wildman–Crippen LogP) is 1.92. The van der Waals surface area contributed by atoms with E-state index in [0.29, 0.717) is 42.3 Å². The van der Waals surface area contributed by atoms with Crippen molar-refractivity contribution in [2.24, 2.45) is 0 Å². The number of likely N-dealkylation sites (tertiary alicyclic amines) is 1. The van der Waals surface area contributed by atoms with E-state index in [1.807, 2.05) is 0 Å². The van der Waals surface area contributed by atoms with Crippen LogP contribution in [0.5, 0.6) is 0 Å². The average Bonchev–Trinajstić information content (AvgIpc) is 3.23. The number of ketones is 1. The van der Waals surface area contributed by atoms with Gasteiger partial charge in [-0.2, -0.15) is 5.10 Å². The molecule has 2 N–H and O–H groups in total. The minimum Gasteiger partial charge on any atom is -0.507 e. The molecule has 1 atom stereocenters. The number of carbonyl (C=O) groups is 2. The maximum Gasteiger partial charge on any atom is 0.295 e. The van der Waals surface area contributed by atoms with Crippen LogP contribution in [-0.4, -0.2) is 76.2 Å². The van der Waals surface area contributed by atoms with Gasteiger partial charge in [0.15, 0.2) is 0 Å². The van der Waals surface area contributed by atoms with Gasteiger partial charge >= 0.3 is 0 Å². The second-order valence-corrected chi connectivity index (χ2v) is 7.81. The lowest BCUT2D eigenvalue weighted by Gasteiger charge is -2.31. The molecular formula is C22H25FN4O4. The first-order valence-electron chi connectivity index (χ1n) is 10.2. The monoisotopic (exact) mass is 428 g/mol. The number of carbonyl (C=O) groups excluding carboxylic acids is 2. The maximum absolute atomic E-state index is 14.0. The van der Waals surface area contributed by atoms with E-state index in [2.05, 4.69) is 15.1 Å². The van der Waals surface area contributed by atoms with E-state index in [4.69, 9.17) is 4.74 Å². The number of aromatic amines is 1. The Labute approximate surface area is 179 Å². The summed E-state index contributed by atoms with van der Waals surface area (Å²) in [4.78, 5) is 29.6. The Morgan fingerprint density at radius 3 is 2.65 bits per heavy atom. The average molecular weight is 428 g/mol. The number of rotatable bonds is 5. The van der Waals surface area contributed by atoms with E-state index in [-0.39, 0.29) is 17.9 Å². The number of aliphatic hydroxyl groups excluding tert-OH is 1. The van der Waals surface area contributed by atoms with Crippen molar-refractivity contribution in [3.05, 3.63) is 58.2 Å². The summed E-state index contributed by atoms with van der Waals surface area (Å²) >= 11 is 0. The van der Waals surface area contributed by atoms with Crippen molar-refractivity contribution < 1.29 is 23.8 Å². The lowest BCUT2D eigenvalue weighted by Crippen LogP contribution is -2.42. The largest absolute Gasteiger partial charge is 0.507 e. The van der Waals surface area contributed by atoms with Gasteiger partial charge in [-0.3, -0.25) is 19.6 Å². The van der Waals surface area contributed by atoms with Crippen LogP contribution < -0.4 is 0 Å². The van der Waals surface area contributed by atoms with E-state index in [1.165, 1.54) is 23.1 Å². The Balaban J connectivity index is 1.77. The number of aliphatic hydroxyl groups is 1. The summed E-state index contributed by atoms with van der Waals surface area (Å²) in [5.74, 6) is -2.27. The number of H-pyrrole nitrogens is 1. The fraction of sp³-hybridized carbons (Fsp3) is 0.409. The molecule has 164 valence electrons. The molecule has 1 aromatic heterocycles. The quantitative estimate of drug-likeness (QED) is 0.429. The highest BCUT2D eigenvalue weighted by Crippen LogP contribution is 2.40. The number of amides is 1. The molecule has 3 heterocycles. The minimum atomic E-state index is -0.884. The third-order valence-electron chi connectivity index (χ3n) is 5.83. The van der Waals surface area contributed by atoms with Crippen molar-refractivity contribution in [2.75, 3.05) is 39.4 Å². The van der Waals surface area contributed by atoms with Crippen molar-refractivity contribution in [3.63, 3.8) is 0 Å². The number of aryl methyl sites for hydroxylation is 2. The lowest BCUT2D eigenvalue weighted by molar-refractivity contribution is -0.140. The lowest BCUT2D eigenvalue weighted by atomic mass is 9.94. The highest BCUT2D eigenvalue weighted by Gasteiger charge is 2.46. The molecular weight excluding hydrogens is 403 g/mol. The number of Topliss-reactive ketones (excluding diaryl/α,β-unsaturated/α-hetero) is 1. The summed E-state index contributed by atoms with van der Waals surface area (Å²) in [5, 5.41) is 17.9. The van der Waals surface area contributed by atoms with Crippen molar-refractivity contribution >= 4 is 17.4 Å². The zero-order valence-electron chi connectivity index (χ0n) is 17.5. The number of hydrogen-bond acceptors (Lipinski definition) is 6. The molecule has 0 radical (unpaired) electrons. The molecule has 0 unspecified atom stereocenters. The molecule has 2 saturated heterocycles. The summed E-state index contributed by atoms with van der Waals surface area (Å²) in [6.45, 7) is 6.95. The highest BCUT2D eigenvalue weighted by atomic mass is 19.1. The van der Waals surface area contributed by atoms with Gasteiger partial charge in [0.2, 0.25) is 0 Å². The maximum atomic E-state index is 14.0. The number of nitrogens with zero attached hydrogens (tertiary/aromatic N) is 3. The molecule has 2 aliphatic rings. The summed E-state index contributed by atoms with van der Waals surface area (Å²) in [6.07, 6.45) is 0. The van der Waals surface area contributed by atoms with Gasteiger partial charge in [-0.05, 0) is 31.5 Å². The predicted molar refractivity (Wildman–Crippen MR) is 111 cm³/mol. The first-order valence-corrected chi connectivity index (χ1v) is 10.2. The van der Waals surface area contributed by atoms with E-state index in [1.54, 1.807) is 19.9 Å². The standard InChI is InChI=1S/C22H25FN4O4/c1-13-17(14(2)25-24-13)20(28)18-19(15-4-3-5-16(23)12-15)27(22(30)21(18)29)7-6-26-8-10-31-11-9-26/h3-5,12,19,28H,6-11H2,1-2H3,(H,24,25)/t19-/m0/s1. The molecule has 8 nitrogen and oxygen atoms in total. The summed E-state index contributed by atoms with van der Waals surface area (Å²) < 4.78 is 19.4. The van der Waals surface area contributed by atoms with Crippen LogP contribution in [-0.2, 0) is 14.3 Å². The van der Waals surface area contributed by atoms with Crippen molar-refractivity contribution in [3.8, 4) is 0 Å². The summed E-state index contributed by atoms with van der Waals surface area (Å²) in [5.41, 5.74) is 1.85. The Bertz CT molecular complexity index is 1020. The van der Waals surface area contributed by atoms with Crippen molar-refractivity contribution in [1.29, 1.82) is 0 Å². The van der Waals surface area contributed by atoms with Crippen LogP contribution in [0, 0.1) is 19.7 Å². The fourth-order valence-electron chi connectivity index (χ4n) is 4.24. The Kier molecular flexibility index (Phi) is 5.88. The van der Waals surface area contributed by atoms with Crippen LogP contribution >= 0.6 is 0 Å². The Morgan fingerprint density at radius 2 is 2.00 bits per heavy atom. The molecule has 1 amide bonds. The molecule has 2 fully saturated rings. The molecule has 0 spiro atoms. The van der Waals surface area contributed by atoms with E-state index in [0.717, 1.165) is 13.1 Å². The molecule has 0 saturated carbocycles. The summed E-state index contributed by atoms with van der Waals surface area (Å²) in [7, 11) is 0. The third-order valence-corrected chi connectivity index (χ3v) is 5.83. The number of morpholine rings is 1. The molecule has 0 bridgehead atoms. The van der Waals surface area contributed by atoms with Crippen LogP contribution in [0.15, 0.2) is 29.8 Å². The Hall–Kier alpha value is -3.04. The molecule has 2 aromatic rings. The number of nitrogens with one attached hydrogen (secondary N) is 1. The van der Waals surface area contributed by atoms with Crippen LogP contribution in [0.1, 0.15) is 28.6 Å². The van der Waals surface area contributed by atoms with Crippen molar-refractivity contribution in [1.82, 2.24) is 20.0 Å². The second kappa shape index (κ2) is 8.60. The number of hydrogen-bond donors (Lipinski definition) is 2.